The Kier molecular flexibility index (Phi) is 5.50. The molecule has 1 saturated heterocycles. The monoisotopic (exact) mass is 387 g/mol. The first-order valence-corrected chi connectivity index (χ1v) is 9.15. The fraction of sp³-hybridized carbons (Fsp3) is 0.529. The van der Waals surface area contributed by atoms with E-state index >= 15 is 0 Å². The summed E-state index contributed by atoms with van der Waals surface area (Å²) in [6.45, 7) is 1.76. The molecule has 1 unspecified atom stereocenters. The van der Waals surface area contributed by atoms with Crippen LogP contribution in [0.25, 0.3) is 10.2 Å². The third kappa shape index (κ3) is 4.52. The van der Waals surface area contributed by atoms with Gasteiger partial charge in [-0.05, 0) is 31.7 Å². The number of halogens is 3. The van der Waals surface area contributed by atoms with E-state index < -0.39 is 17.8 Å². The van der Waals surface area contributed by atoms with Gasteiger partial charge in [0, 0.05) is 26.1 Å². The maximum Gasteiger partial charge on any atom is 0.416 e. The van der Waals surface area contributed by atoms with E-state index in [2.05, 4.69) is 4.98 Å². The van der Waals surface area contributed by atoms with Crippen LogP contribution in [0.1, 0.15) is 23.4 Å². The van der Waals surface area contributed by atoms with Gasteiger partial charge in [0.25, 0.3) is 0 Å². The fourth-order valence-electron chi connectivity index (χ4n) is 3.08. The summed E-state index contributed by atoms with van der Waals surface area (Å²) in [4.78, 5) is 19.4. The molecular weight excluding hydrogens is 367 g/mol. The molecule has 1 aromatic heterocycles. The summed E-state index contributed by atoms with van der Waals surface area (Å²) in [5, 5.41) is 10.9. The number of hydrogen-bond acceptors (Lipinski definition) is 5. The number of carbonyl (C=O) groups is 1. The molecule has 26 heavy (non-hydrogen) atoms. The molecule has 5 nitrogen and oxygen atoms in total. The summed E-state index contributed by atoms with van der Waals surface area (Å²) in [5.74, 6) is 0.0679. The highest BCUT2D eigenvalue weighted by Crippen LogP contribution is 2.33. The van der Waals surface area contributed by atoms with Crippen molar-refractivity contribution in [3.8, 4) is 0 Å². The molecule has 2 aromatic rings. The van der Waals surface area contributed by atoms with Gasteiger partial charge in [0.05, 0.1) is 28.4 Å². The minimum absolute atomic E-state index is 0.0679. The number of likely N-dealkylation sites (tertiary alicyclic amines) is 1. The van der Waals surface area contributed by atoms with Gasteiger partial charge in [-0.3, -0.25) is 9.69 Å². The lowest BCUT2D eigenvalue weighted by Crippen LogP contribution is -2.39. The number of aromatic nitrogens is 1. The van der Waals surface area contributed by atoms with Crippen LogP contribution in [-0.2, 0) is 17.5 Å². The molecule has 1 fully saturated rings. The maximum absolute atomic E-state index is 12.8. The molecule has 1 amide bonds. The van der Waals surface area contributed by atoms with Crippen LogP contribution >= 0.6 is 11.3 Å². The zero-order valence-electron chi connectivity index (χ0n) is 14.3. The molecule has 1 aliphatic heterocycles. The number of carbonyl (C=O) groups excluding carboxylic acids is 1. The predicted octanol–water partition coefficient (Wildman–Crippen LogP) is 2.73. The standard InChI is InChI=1S/C17H20F3N3O2S/c1-22(8-12(24)9-23-6-2-3-16(23)25)10-15-21-13-7-11(17(18,19)20)4-5-14(13)26-15/h4-5,7,12,24H,2-3,6,8-10H2,1H3. The molecule has 3 rings (SSSR count). The molecule has 0 bridgehead atoms. The number of hydrogen-bond donors (Lipinski definition) is 1. The zero-order chi connectivity index (χ0) is 18.9. The zero-order valence-corrected chi connectivity index (χ0v) is 15.1. The number of likely N-dealkylation sites (N-methyl/N-ethyl adjacent to an activating group) is 1. The van der Waals surface area contributed by atoms with Crippen LogP contribution < -0.4 is 0 Å². The largest absolute Gasteiger partial charge is 0.416 e. The molecule has 1 aromatic carbocycles. The Morgan fingerprint density at radius 3 is 2.85 bits per heavy atom. The summed E-state index contributed by atoms with van der Waals surface area (Å²) in [5.41, 5.74) is -0.377. The first-order valence-electron chi connectivity index (χ1n) is 8.33. The van der Waals surface area contributed by atoms with Crippen molar-refractivity contribution < 1.29 is 23.1 Å². The number of β-amino-alcohol motifs (C(OH)–C–C–N with tert-alkyl or cyclic N) is 1. The predicted molar refractivity (Wildman–Crippen MR) is 92.8 cm³/mol. The van der Waals surface area contributed by atoms with Crippen molar-refractivity contribution in [2.75, 3.05) is 26.7 Å². The van der Waals surface area contributed by atoms with Crippen LogP contribution in [0.2, 0.25) is 0 Å². The van der Waals surface area contributed by atoms with Crippen LogP contribution in [-0.4, -0.2) is 58.6 Å². The number of alkyl halides is 3. The Bertz CT molecular complexity index is 793. The van der Waals surface area contributed by atoms with E-state index in [0.29, 0.717) is 47.8 Å². The molecule has 0 radical (unpaired) electrons. The van der Waals surface area contributed by atoms with Crippen molar-refractivity contribution in [3.05, 3.63) is 28.8 Å². The highest BCUT2D eigenvalue weighted by atomic mass is 32.1. The normalized spacial score (nSPS) is 16.8. The van der Waals surface area contributed by atoms with E-state index in [9.17, 15) is 23.1 Å². The van der Waals surface area contributed by atoms with Gasteiger partial charge >= 0.3 is 6.18 Å². The van der Waals surface area contributed by atoms with Crippen molar-refractivity contribution in [3.63, 3.8) is 0 Å². The van der Waals surface area contributed by atoms with Gasteiger partial charge in [-0.25, -0.2) is 4.98 Å². The van der Waals surface area contributed by atoms with E-state index in [1.165, 1.54) is 17.4 Å². The summed E-state index contributed by atoms with van der Waals surface area (Å²) in [6, 6.07) is 3.56. The molecule has 0 saturated carbocycles. The van der Waals surface area contributed by atoms with Crippen molar-refractivity contribution in [2.45, 2.75) is 31.7 Å². The molecule has 1 aliphatic rings. The van der Waals surface area contributed by atoms with Gasteiger partial charge in [0.1, 0.15) is 5.01 Å². The van der Waals surface area contributed by atoms with Gasteiger partial charge < -0.3 is 10.0 Å². The first-order chi connectivity index (χ1) is 12.2. The second-order valence-corrected chi connectivity index (χ2v) is 7.70. The minimum atomic E-state index is -4.38. The molecule has 1 atom stereocenters. The van der Waals surface area contributed by atoms with E-state index in [-0.39, 0.29) is 5.91 Å². The first kappa shape index (κ1) is 19.1. The van der Waals surface area contributed by atoms with Gasteiger partial charge in [0.15, 0.2) is 0 Å². The molecule has 142 valence electrons. The lowest BCUT2D eigenvalue weighted by atomic mass is 10.2. The summed E-state index contributed by atoms with van der Waals surface area (Å²) in [7, 11) is 1.81. The van der Waals surface area contributed by atoms with Crippen LogP contribution in [0.3, 0.4) is 0 Å². The van der Waals surface area contributed by atoms with Gasteiger partial charge in [0.2, 0.25) is 5.91 Å². The van der Waals surface area contributed by atoms with Crippen LogP contribution in [0, 0.1) is 0 Å². The van der Waals surface area contributed by atoms with Gasteiger partial charge in [-0.2, -0.15) is 13.2 Å². The van der Waals surface area contributed by atoms with Crippen LogP contribution in [0.15, 0.2) is 18.2 Å². The Morgan fingerprint density at radius 2 is 2.19 bits per heavy atom. The lowest BCUT2D eigenvalue weighted by molar-refractivity contribution is -0.137. The van der Waals surface area contributed by atoms with Crippen LogP contribution in [0.4, 0.5) is 13.2 Å². The second-order valence-electron chi connectivity index (χ2n) is 6.58. The van der Waals surface area contributed by atoms with Gasteiger partial charge in [-0.1, -0.05) is 0 Å². The fourth-order valence-corrected chi connectivity index (χ4v) is 4.11. The number of rotatable bonds is 6. The molecule has 2 heterocycles. The number of nitrogens with zero attached hydrogens (tertiary/aromatic N) is 3. The third-order valence-electron chi connectivity index (χ3n) is 4.29. The van der Waals surface area contributed by atoms with Crippen LogP contribution in [0.5, 0.6) is 0 Å². The van der Waals surface area contributed by atoms with E-state index in [1.807, 2.05) is 11.9 Å². The van der Waals surface area contributed by atoms with Gasteiger partial charge in [-0.15, -0.1) is 11.3 Å². The van der Waals surface area contributed by atoms with Crippen molar-refractivity contribution >= 4 is 27.5 Å². The van der Waals surface area contributed by atoms with Crippen molar-refractivity contribution in [1.29, 1.82) is 0 Å². The number of thiazole rings is 1. The number of aliphatic hydroxyl groups excluding tert-OH is 1. The van der Waals surface area contributed by atoms with E-state index in [1.54, 1.807) is 4.90 Å². The highest BCUT2D eigenvalue weighted by molar-refractivity contribution is 7.18. The average molecular weight is 387 g/mol. The number of aliphatic hydroxyl groups is 1. The Morgan fingerprint density at radius 1 is 1.42 bits per heavy atom. The SMILES string of the molecule is CN(Cc1nc2cc(C(F)(F)F)ccc2s1)CC(O)CN1CCCC1=O. The summed E-state index contributed by atoms with van der Waals surface area (Å²) < 4.78 is 39.0. The molecule has 0 aliphatic carbocycles. The minimum Gasteiger partial charge on any atom is -0.390 e. The lowest BCUT2D eigenvalue weighted by Gasteiger charge is -2.23. The van der Waals surface area contributed by atoms with Crippen molar-refractivity contribution in [2.24, 2.45) is 0 Å². The maximum atomic E-state index is 12.8. The Labute approximate surface area is 153 Å². The Balaban J connectivity index is 1.60. The number of benzene rings is 1. The summed E-state index contributed by atoms with van der Waals surface area (Å²) >= 11 is 1.34. The van der Waals surface area contributed by atoms with E-state index in [0.717, 1.165) is 18.6 Å². The number of fused-ring (bicyclic) bond motifs is 1. The molecule has 0 spiro atoms. The Hall–Kier alpha value is -1.71. The average Bonchev–Trinajstić information content (AvgIpc) is 3.11. The number of amides is 1. The molecular formula is C17H20F3N3O2S. The topological polar surface area (TPSA) is 56.7 Å². The highest BCUT2D eigenvalue weighted by Gasteiger charge is 2.30. The molecule has 1 N–H and O–H groups in total. The van der Waals surface area contributed by atoms with Crippen molar-refractivity contribution in [1.82, 2.24) is 14.8 Å². The third-order valence-corrected chi connectivity index (χ3v) is 5.31. The smallest absolute Gasteiger partial charge is 0.390 e. The second kappa shape index (κ2) is 7.50. The van der Waals surface area contributed by atoms with E-state index in [4.69, 9.17) is 0 Å². The molecule has 9 heteroatoms. The summed E-state index contributed by atoms with van der Waals surface area (Å²) in [6.07, 6.45) is -3.69. The quantitative estimate of drug-likeness (QED) is 0.828.